The average Bonchev–Trinajstić information content (AvgIpc) is 3.13. The number of carboxylic acids is 1. The topological polar surface area (TPSA) is 205 Å². The molecule has 1 saturated carbocycles. The number of rotatable bonds is 15. The second-order valence-corrected chi connectivity index (χ2v) is 13.6. The summed E-state index contributed by atoms with van der Waals surface area (Å²) in [5, 5.41) is 17.8. The fourth-order valence-corrected chi connectivity index (χ4v) is 6.81. The number of amides is 4. The average molecular weight is 750 g/mol. The van der Waals surface area contributed by atoms with E-state index in [1.165, 1.54) is 17.2 Å². The molecule has 15 nitrogen and oxygen atoms in total. The third-order valence-corrected chi connectivity index (χ3v) is 10.2. The first-order chi connectivity index (χ1) is 25.9. The van der Waals surface area contributed by atoms with Crippen molar-refractivity contribution in [3.8, 4) is 0 Å². The maximum atomic E-state index is 15.3. The highest BCUT2D eigenvalue weighted by Crippen LogP contribution is 2.41. The van der Waals surface area contributed by atoms with Crippen molar-refractivity contribution in [3.63, 3.8) is 0 Å². The number of hydrogen-bond acceptors (Lipinski definition) is 9. The number of aryl methyl sites for hydroxylation is 1. The van der Waals surface area contributed by atoms with E-state index in [-0.39, 0.29) is 36.7 Å². The summed E-state index contributed by atoms with van der Waals surface area (Å²) in [6, 6.07) is 8.50. The normalized spacial score (nSPS) is 15.6. The fraction of sp³-hybridized carbons (Fsp3) is 0.474. The second kappa shape index (κ2) is 17.5. The molecule has 2 aliphatic rings. The van der Waals surface area contributed by atoms with Crippen molar-refractivity contribution < 1.29 is 38.2 Å². The minimum Gasteiger partial charge on any atom is -0.477 e. The Labute approximate surface area is 312 Å². The van der Waals surface area contributed by atoms with Gasteiger partial charge < -0.3 is 45.9 Å². The number of pyridine rings is 1. The van der Waals surface area contributed by atoms with E-state index >= 15 is 4.39 Å². The van der Waals surface area contributed by atoms with E-state index in [4.69, 9.17) is 10.5 Å². The van der Waals surface area contributed by atoms with Gasteiger partial charge in [0.1, 0.15) is 29.4 Å². The predicted octanol–water partition coefficient (Wildman–Crippen LogP) is 3.18. The number of fused-ring (bicyclic) bond motifs is 1. The van der Waals surface area contributed by atoms with E-state index in [0.29, 0.717) is 81.6 Å². The highest BCUT2D eigenvalue weighted by molar-refractivity contribution is 6.08. The van der Waals surface area contributed by atoms with Crippen LogP contribution in [0.5, 0.6) is 0 Å². The molecule has 0 unspecified atom stereocenters. The van der Waals surface area contributed by atoms with Gasteiger partial charge in [-0.2, -0.15) is 0 Å². The summed E-state index contributed by atoms with van der Waals surface area (Å²) in [5.41, 5.74) is 5.12. The Balaban J connectivity index is 1.14. The molecule has 5 rings (SSSR count). The summed E-state index contributed by atoms with van der Waals surface area (Å²) in [4.78, 5) is 79.8. The monoisotopic (exact) mass is 749 g/mol. The van der Waals surface area contributed by atoms with Gasteiger partial charge in [-0.05, 0) is 82.3 Å². The summed E-state index contributed by atoms with van der Waals surface area (Å²) in [5.74, 6) is -3.23. The van der Waals surface area contributed by atoms with Gasteiger partial charge in [-0.3, -0.25) is 19.2 Å². The number of aromatic nitrogens is 1. The molecule has 1 atom stereocenters. The largest absolute Gasteiger partial charge is 0.477 e. The molecule has 1 aromatic heterocycles. The highest BCUT2D eigenvalue weighted by atomic mass is 19.1. The van der Waals surface area contributed by atoms with Crippen LogP contribution in [0.3, 0.4) is 0 Å². The summed E-state index contributed by atoms with van der Waals surface area (Å²) < 4.78 is 22.4. The molecule has 1 aliphatic heterocycles. The third kappa shape index (κ3) is 8.65. The zero-order valence-corrected chi connectivity index (χ0v) is 30.6. The quantitative estimate of drug-likeness (QED) is 0.113. The first-order valence-electron chi connectivity index (χ1n) is 18.4. The zero-order valence-electron chi connectivity index (χ0n) is 30.6. The molecule has 2 heterocycles. The minimum atomic E-state index is -1.38. The summed E-state index contributed by atoms with van der Waals surface area (Å²) in [6.07, 6.45) is 3.98. The SMILES string of the molecule is CCNC(=O)C1(C(=O)N[C@@H](CCCCN)C(=O)Nc2ccc(COC(=O)N3CCN(c4cc5c(cc4F)c(=O)c(C(=O)O)cn5CC)CC3)cc2)CCC1. The van der Waals surface area contributed by atoms with Gasteiger partial charge in [-0.1, -0.05) is 18.6 Å². The lowest BCUT2D eigenvalue weighted by Gasteiger charge is -2.39. The Morgan fingerprint density at radius 1 is 1.00 bits per heavy atom. The van der Waals surface area contributed by atoms with E-state index in [9.17, 15) is 33.9 Å². The second-order valence-electron chi connectivity index (χ2n) is 13.6. The predicted molar refractivity (Wildman–Crippen MR) is 200 cm³/mol. The number of benzene rings is 2. The van der Waals surface area contributed by atoms with Gasteiger partial charge in [0.15, 0.2) is 0 Å². The van der Waals surface area contributed by atoms with Gasteiger partial charge in [0, 0.05) is 56.5 Å². The van der Waals surface area contributed by atoms with Crippen LogP contribution in [0.15, 0.2) is 47.4 Å². The van der Waals surface area contributed by atoms with Crippen molar-refractivity contribution in [1.29, 1.82) is 0 Å². The Kier molecular flexibility index (Phi) is 12.9. The number of nitrogens with two attached hydrogens (primary N) is 1. The fourth-order valence-electron chi connectivity index (χ4n) is 6.81. The van der Waals surface area contributed by atoms with Crippen LogP contribution in [0.25, 0.3) is 10.9 Å². The maximum absolute atomic E-state index is 15.3. The van der Waals surface area contributed by atoms with Crippen molar-refractivity contribution in [2.45, 2.75) is 71.6 Å². The lowest BCUT2D eigenvalue weighted by Crippen LogP contribution is -2.58. The van der Waals surface area contributed by atoms with Crippen LogP contribution >= 0.6 is 0 Å². The van der Waals surface area contributed by atoms with Crippen LogP contribution in [-0.4, -0.2) is 89.7 Å². The number of hydrogen-bond donors (Lipinski definition) is 5. The standard InChI is InChI=1S/C38H48FN7O8/c1-3-41-35(51)38(13-7-14-38)36(52)43-29(8-5-6-15-40)33(48)42-25-11-9-24(10-12-25)23-54-37(53)46-18-16-45(17-19-46)31-21-30-26(20-28(31)39)32(47)27(34(49)50)22-44(30)4-2/h9-12,20-22,29H,3-8,13-19,23,40H2,1-2H3,(H,41,51)(H,42,48)(H,43,52)(H,49,50)/t29-/m0/s1. The van der Waals surface area contributed by atoms with Crippen molar-refractivity contribution in [1.82, 2.24) is 20.1 Å². The molecule has 16 heteroatoms. The van der Waals surface area contributed by atoms with Crippen molar-refractivity contribution in [2.24, 2.45) is 11.1 Å². The number of nitrogens with one attached hydrogen (secondary N) is 3. The Bertz CT molecular complexity index is 1940. The molecule has 4 amide bonds. The Hall–Kier alpha value is -5.51. The molecule has 0 radical (unpaired) electrons. The number of ether oxygens (including phenoxy) is 1. The van der Waals surface area contributed by atoms with Crippen LogP contribution < -0.4 is 32.0 Å². The summed E-state index contributed by atoms with van der Waals surface area (Å²) in [6.45, 7) is 5.90. The highest BCUT2D eigenvalue weighted by Gasteiger charge is 2.51. The molecule has 1 saturated heterocycles. The molecule has 2 fully saturated rings. The molecule has 1 aliphatic carbocycles. The molecule has 3 aromatic rings. The summed E-state index contributed by atoms with van der Waals surface area (Å²) >= 11 is 0. The summed E-state index contributed by atoms with van der Waals surface area (Å²) in [7, 11) is 0. The molecular formula is C38H48FN7O8. The van der Waals surface area contributed by atoms with E-state index in [0.717, 1.165) is 12.5 Å². The van der Waals surface area contributed by atoms with Gasteiger partial charge in [-0.25, -0.2) is 14.0 Å². The molecule has 290 valence electrons. The number of unbranched alkanes of at least 4 members (excludes halogenated alkanes) is 1. The van der Waals surface area contributed by atoms with Crippen LogP contribution in [0.4, 0.5) is 20.6 Å². The zero-order chi connectivity index (χ0) is 39.0. The molecular weight excluding hydrogens is 701 g/mol. The molecule has 0 bridgehead atoms. The Morgan fingerprint density at radius 3 is 2.30 bits per heavy atom. The minimum absolute atomic E-state index is 0.0156. The number of nitrogens with zero attached hydrogens (tertiary/aromatic N) is 3. The number of carbonyl (C=O) groups excluding carboxylic acids is 4. The number of anilines is 2. The number of halogens is 1. The van der Waals surface area contributed by atoms with Gasteiger partial charge in [0.05, 0.1) is 11.2 Å². The van der Waals surface area contributed by atoms with Gasteiger partial charge in [0.25, 0.3) is 0 Å². The third-order valence-electron chi connectivity index (χ3n) is 10.2. The lowest BCUT2D eigenvalue weighted by atomic mass is 9.67. The van der Waals surface area contributed by atoms with Gasteiger partial charge in [0.2, 0.25) is 23.2 Å². The van der Waals surface area contributed by atoms with E-state index < -0.39 is 52.1 Å². The lowest BCUT2D eigenvalue weighted by molar-refractivity contribution is -0.150. The number of carbonyl (C=O) groups is 5. The number of aromatic carboxylic acids is 1. The Morgan fingerprint density at radius 2 is 1.70 bits per heavy atom. The van der Waals surface area contributed by atoms with Gasteiger partial charge >= 0.3 is 12.1 Å². The molecule has 54 heavy (non-hydrogen) atoms. The van der Waals surface area contributed by atoms with E-state index in [2.05, 4.69) is 16.0 Å². The van der Waals surface area contributed by atoms with Crippen LogP contribution in [0.2, 0.25) is 0 Å². The molecule has 0 spiro atoms. The van der Waals surface area contributed by atoms with Crippen LogP contribution in [0, 0.1) is 11.2 Å². The molecule has 2 aromatic carbocycles. The van der Waals surface area contributed by atoms with Crippen molar-refractivity contribution in [3.05, 3.63) is 69.8 Å². The smallest absolute Gasteiger partial charge is 0.410 e. The van der Waals surface area contributed by atoms with E-state index in [1.54, 1.807) is 47.6 Å². The van der Waals surface area contributed by atoms with Crippen molar-refractivity contribution in [2.75, 3.05) is 49.5 Å². The van der Waals surface area contributed by atoms with Gasteiger partial charge in [-0.15, -0.1) is 0 Å². The number of piperazine rings is 1. The molecule has 6 N–H and O–H groups in total. The van der Waals surface area contributed by atoms with Crippen LogP contribution in [-0.2, 0) is 32.3 Å². The van der Waals surface area contributed by atoms with Crippen LogP contribution in [0.1, 0.15) is 68.3 Å². The maximum Gasteiger partial charge on any atom is 0.410 e. The first kappa shape index (κ1) is 39.7. The van der Waals surface area contributed by atoms with Crippen molar-refractivity contribution >= 4 is 52.1 Å². The number of carboxylic acid groups (broad SMARTS) is 1. The first-order valence-corrected chi connectivity index (χ1v) is 18.4. The van der Waals surface area contributed by atoms with E-state index in [1.807, 2.05) is 0 Å².